The van der Waals surface area contributed by atoms with Crippen molar-refractivity contribution in [1.82, 2.24) is 14.9 Å². The lowest BCUT2D eigenvalue weighted by atomic mass is 9.83. The van der Waals surface area contributed by atoms with Crippen molar-refractivity contribution < 1.29 is 14.6 Å². The molecule has 1 amide bonds. The molecule has 3 heterocycles. The van der Waals surface area contributed by atoms with Crippen LogP contribution in [0.4, 0.5) is 0 Å². The number of benzene rings is 2. The highest BCUT2D eigenvalue weighted by Crippen LogP contribution is 2.32. The summed E-state index contributed by atoms with van der Waals surface area (Å²) in [5.41, 5.74) is 5.90. The van der Waals surface area contributed by atoms with Crippen LogP contribution in [0.3, 0.4) is 0 Å². The molecule has 2 aliphatic rings. The number of H-pyrrole nitrogens is 1. The molecule has 3 aromatic rings. The van der Waals surface area contributed by atoms with Crippen molar-refractivity contribution in [3.05, 3.63) is 59.4 Å². The fourth-order valence-electron chi connectivity index (χ4n) is 5.33. The molecule has 6 nitrogen and oxygen atoms in total. The number of fused-ring (bicyclic) bond motifs is 2. The van der Waals surface area contributed by atoms with E-state index in [1.54, 1.807) is 0 Å². The predicted octanol–water partition coefficient (Wildman–Crippen LogP) is 5.19. The average Bonchev–Trinajstić information content (AvgIpc) is 3.20. The Labute approximate surface area is 207 Å². The van der Waals surface area contributed by atoms with Gasteiger partial charge in [0.1, 0.15) is 11.6 Å². The summed E-state index contributed by atoms with van der Waals surface area (Å²) in [5.74, 6) is 2.27. The normalized spacial score (nSPS) is 18.9. The van der Waals surface area contributed by atoms with Crippen LogP contribution in [0.1, 0.15) is 50.9 Å². The lowest BCUT2D eigenvalue weighted by molar-refractivity contribution is -0.133. The Morgan fingerprint density at radius 2 is 1.91 bits per heavy atom. The van der Waals surface area contributed by atoms with E-state index in [-0.39, 0.29) is 11.8 Å². The zero-order valence-corrected chi connectivity index (χ0v) is 20.9. The number of ether oxygens (including phenoxy) is 1. The number of likely N-dealkylation sites (tertiary alicyclic amines) is 1. The van der Waals surface area contributed by atoms with Crippen LogP contribution in [0, 0.1) is 12.8 Å². The highest BCUT2D eigenvalue weighted by molar-refractivity contribution is 5.82. The summed E-state index contributed by atoms with van der Waals surface area (Å²) < 4.78 is 6.09. The Morgan fingerprint density at radius 1 is 1.17 bits per heavy atom. The van der Waals surface area contributed by atoms with Gasteiger partial charge >= 0.3 is 0 Å². The van der Waals surface area contributed by atoms with Gasteiger partial charge in [0.05, 0.1) is 23.2 Å². The molecule has 2 N–H and O–H groups in total. The van der Waals surface area contributed by atoms with E-state index < -0.39 is 5.60 Å². The van der Waals surface area contributed by atoms with Gasteiger partial charge in [-0.1, -0.05) is 23.8 Å². The van der Waals surface area contributed by atoms with Crippen molar-refractivity contribution in [2.45, 2.75) is 58.5 Å². The number of carbonyl (C=O) groups excluding carboxylic acids is 1. The molecule has 0 radical (unpaired) electrons. The van der Waals surface area contributed by atoms with E-state index in [9.17, 15) is 9.90 Å². The van der Waals surface area contributed by atoms with Crippen LogP contribution in [0.5, 0.6) is 5.75 Å². The lowest BCUT2D eigenvalue weighted by Gasteiger charge is -2.38. The summed E-state index contributed by atoms with van der Waals surface area (Å²) >= 11 is 0. The molecule has 0 spiro atoms. The number of carbonyl (C=O) groups is 1. The number of hydrogen-bond acceptors (Lipinski definition) is 4. The summed E-state index contributed by atoms with van der Waals surface area (Å²) in [6.45, 7) is 7.73. The molecule has 5 rings (SSSR count). The number of piperidine rings is 1. The minimum Gasteiger partial charge on any atom is -0.493 e. The third kappa shape index (κ3) is 5.27. The van der Waals surface area contributed by atoms with E-state index in [1.807, 2.05) is 25.7 Å². The molecule has 1 fully saturated rings. The molecule has 35 heavy (non-hydrogen) atoms. The van der Waals surface area contributed by atoms with Gasteiger partial charge < -0.3 is 19.7 Å². The van der Waals surface area contributed by atoms with Crippen LogP contribution in [-0.4, -0.2) is 51.2 Å². The first-order valence-electron chi connectivity index (χ1n) is 12.7. The molecule has 0 saturated carbocycles. The maximum absolute atomic E-state index is 13.0. The number of allylic oxidation sites excluding steroid dienone is 1. The molecular weight excluding hydrogens is 438 g/mol. The fourth-order valence-corrected chi connectivity index (χ4v) is 5.33. The highest BCUT2D eigenvalue weighted by Gasteiger charge is 2.32. The molecule has 0 atom stereocenters. The van der Waals surface area contributed by atoms with E-state index in [0.717, 1.165) is 83.6 Å². The molecular formula is C29H35N3O3. The number of aryl methyl sites for hydroxylation is 1. The summed E-state index contributed by atoms with van der Waals surface area (Å²) in [4.78, 5) is 22.8. The van der Waals surface area contributed by atoms with Crippen LogP contribution in [0.25, 0.3) is 22.2 Å². The number of hydrogen-bond donors (Lipinski definition) is 2. The van der Waals surface area contributed by atoms with Gasteiger partial charge in [-0.05, 0) is 86.9 Å². The van der Waals surface area contributed by atoms with Crippen LogP contribution in [0.2, 0.25) is 0 Å². The predicted molar refractivity (Wildman–Crippen MR) is 138 cm³/mol. The van der Waals surface area contributed by atoms with Crippen molar-refractivity contribution >= 4 is 16.9 Å². The molecule has 1 saturated heterocycles. The van der Waals surface area contributed by atoms with Gasteiger partial charge in [0.2, 0.25) is 5.91 Å². The quantitative estimate of drug-likeness (QED) is 0.511. The SMILES string of the molecule is Cc1nc2ccc(-c3ccc4c(c3)C/C=C(/CC(=O)N3CCC(C(C)(C)O)CC3)CCO4)cc2[nH]1. The van der Waals surface area contributed by atoms with E-state index in [2.05, 4.69) is 52.4 Å². The molecule has 6 heteroatoms. The Morgan fingerprint density at radius 3 is 2.69 bits per heavy atom. The van der Waals surface area contributed by atoms with Gasteiger partial charge in [0.25, 0.3) is 0 Å². The van der Waals surface area contributed by atoms with Crippen molar-refractivity contribution in [2.75, 3.05) is 19.7 Å². The van der Waals surface area contributed by atoms with Gasteiger partial charge in [-0.25, -0.2) is 4.98 Å². The maximum atomic E-state index is 13.0. The zero-order valence-electron chi connectivity index (χ0n) is 20.9. The summed E-state index contributed by atoms with van der Waals surface area (Å²) in [5, 5.41) is 10.3. The van der Waals surface area contributed by atoms with Crippen LogP contribution in [-0.2, 0) is 11.2 Å². The van der Waals surface area contributed by atoms with Crippen LogP contribution >= 0.6 is 0 Å². The summed E-state index contributed by atoms with van der Waals surface area (Å²) in [6, 6.07) is 12.7. The molecule has 0 bridgehead atoms. The molecule has 0 unspecified atom stereocenters. The second-order valence-electron chi connectivity index (χ2n) is 10.5. The molecule has 2 aliphatic heterocycles. The standard InChI is InChI=1S/C29H35N3O3/c1-19-30-25-8-6-22(18-26(25)31-19)21-7-9-27-23(17-21)5-4-20(12-15-35-27)16-28(33)32-13-10-24(11-14-32)29(2,3)34/h4,6-9,17-18,24,34H,5,10-16H2,1-3H3,(H,30,31)/b20-4+. The topological polar surface area (TPSA) is 78.5 Å². The van der Waals surface area contributed by atoms with Gasteiger partial charge in [-0.15, -0.1) is 0 Å². The van der Waals surface area contributed by atoms with Gasteiger partial charge in [0.15, 0.2) is 0 Å². The zero-order chi connectivity index (χ0) is 24.6. The highest BCUT2D eigenvalue weighted by atomic mass is 16.5. The maximum Gasteiger partial charge on any atom is 0.226 e. The summed E-state index contributed by atoms with van der Waals surface area (Å²) in [6.07, 6.45) is 5.89. The van der Waals surface area contributed by atoms with Crippen molar-refractivity contribution in [1.29, 1.82) is 0 Å². The number of aliphatic hydroxyl groups is 1. The summed E-state index contributed by atoms with van der Waals surface area (Å²) in [7, 11) is 0. The monoisotopic (exact) mass is 473 g/mol. The van der Waals surface area contributed by atoms with E-state index in [0.29, 0.717) is 13.0 Å². The number of nitrogens with one attached hydrogen (secondary N) is 1. The van der Waals surface area contributed by atoms with Gasteiger partial charge in [-0.3, -0.25) is 4.79 Å². The fraction of sp³-hybridized carbons (Fsp3) is 0.448. The van der Waals surface area contributed by atoms with Crippen molar-refractivity contribution in [3.63, 3.8) is 0 Å². The largest absolute Gasteiger partial charge is 0.493 e. The number of amides is 1. The van der Waals surface area contributed by atoms with Crippen molar-refractivity contribution in [2.24, 2.45) is 5.92 Å². The minimum atomic E-state index is -0.677. The average molecular weight is 474 g/mol. The number of rotatable bonds is 4. The Kier molecular flexibility index (Phi) is 6.41. The number of imidazole rings is 1. The first-order chi connectivity index (χ1) is 16.8. The Bertz CT molecular complexity index is 1260. The number of nitrogens with zero attached hydrogens (tertiary/aromatic N) is 2. The van der Waals surface area contributed by atoms with E-state index in [4.69, 9.17) is 4.74 Å². The van der Waals surface area contributed by atoms with Crippen molar-refractivity contribution in [3.8, 4) is 16.9 Å². The minimum absolute atomic E-state index is 0.183. The second-order valence-corrected chi connectivity index (χ2v) is 10.5. The van der Waals surface area contributed by atoms with E-state index >= 15 is 0 Å². The third-order valence-electron chi connectivity index (χ3n) is 7.51. The van der Waals surface area contributed by atoms with Crippen LogP contribution in [0.15, 0.2) is 48.0 Å². The number of aromatic nitrogens is 2. The molecule has 184 valence electrons. The molecule has 1 aromatic heterocycles. The smallest absolute Gasteiger partial charge is 0.226 e. The third-order valence-corrected chi connectivity index (χ3v) is 7.51. The molecule has 2 aromatic carbocycles. The van der Waals surface area contributed by atoms with Gasteiger partial charge in [0, 0.05) is 25.9 Å². The first-order valence-corrected chi connectivity index (χ1v) is 12.7. The first kappa shape index (κ1) is 23.6. The second kappa shape index (κ2) is 9.50. The van der Waals surface area contributed by atoms with Gasteiger partial charge in [-0.2, -0.15) is 0 Å². The number of aromatic amines is 1. The van der Waals surface area contributed by atoms with Crippen LogP contribution < -0.4 is 4.74 Å². The lowest BCUT2D eigenvalue weighted by Crippen LogP contribution is -2.44. The van der Waals surface area contributed by atoms with E-state index in [1.165, 1.54) is 0 Å². The Balaban J connectivity index is 1.28. The Hall–Kier alpha value is -3.12. The molecule has 0 aliphatic carbocycles.